The fourth-order valence-electron chi connectivity index (χ4n) is 8.34. The fourth-order valence-corrected chi connectivity index (χ4v) is 8.34. The Morgan fingerprint density at radius 2 is 1.84 bits per heavy atom. The summed E-state index contributed by atoms with van der Waals surface area (Å²) in [7, 11) is 0. The van der Waals surface area contributed by atoms with E-state index in [1.54, 1.807) is 0 Å². The Balaban J connectivity index is 1.20. The standard InChI is InChI=1S/C36H42F4N2O3/c1-22-21-42(14-13-34(22)11-9-24-7-5-6-8-29(24)34)27-10-12-35(19-27,30-18-28(30)31(43)45-33(2,3)4)32(44)41-20-23-15-25(36(38,39)40)17-26(37)16-23/h5-9,11,15-17,22,27-28,30H,10,12-14,18-21H2,1-4H3,(H,41,44)/t22-,27?,28?,30?,34-,35?/m0/s1. The highest BCUT2D eigenvalue weighted by Gasteiger charge is 2.63. The summed E-state index contributed by atoms with van der Waals surface area (Å²) in [6.45, 7) is 9.26. The Bertz CT molecular complexity index is 1510. The molecule has 1 saturated heterocycles. The van der Waals surface area contributed by atoms with E-state index in [0.717, 1.165) is 38.1 Å². The third kappa shape index (κ3) is 6.05. The topological polar surface area (TPSA) is 58.6 Å². The maximum absolute atomic E-state index is 14.1. The van der Waals surface area contributed by atoms with Gasteiger partial charge in [-0.05, 0) is 106 Å². The van der Waals surface area contributed by atoms with Crippen LogP contribution >= 0.6 is 0 Å². The van der Waals surface area contributed by atoms with E-state index in [1.807, 2.05) is 20.8 Å². The molecule has 4 aliphatic rings. The first-order chi connectivity index (χ1) is 21.1. The van der Waals surface area contributed by atoms with Crippen molar-refractivity contribution < 1.29 is 31.9 Å². The third-order valence-electron chi connectivity index (χ3n) is 10.7. The molecule has 3 aliphatic carbocycles. The molecule has 2 aromatic carbocycles. The fraction of sp³-hybridized carbons (Fsp3) is 0.556. The summed E-state index contributed by atoms with van der Waals surface area (Å²) in [5.41, 5.74) is 0.0896. The van der Waals surface area contributed by atoms with E-state index in [-0.39, 0.29) is 41.4 Å². The van der Waals surface area contributed by atoms with E-state index in [9.17, 15) is 27.2 Å². The molecule has 6 atom stereocenters. The molecule has 2 saturated carbocycles. The van der Waals surface area contributed by atoms with Gasteiger partial charge >= 0.3 is 12.1 Å². The molecular weight excluding hydrogens is 584 g/mol. The van der Waals surface area contributed by atoms with Gasteiger partial charge in [-0.25, -0.2) is 4.39 Å². The van der Waals surface area contributed by atoms with Gasteiger partial charge in [0.25, 0.3) is 0 Å². The molecule has 4 unspecified atom stereocenters. The Hall–Kier alpha value is -3.20. The zero-order valence-electron chi connectivity index (χ0n) is 26.3. The smallest absolute Gasteiger partial charge is 0.416 e. The van der Waals surface area contributed by atoms with Gasteiger partial charge in [-0.15, -0.1) is 0 Å². The van der Waals surface area contributed by atoms with Crippen LogP contribution in [0.15, 0.2) is 48.5 Å². The van der Waals surface area contributed by atoms with Gasteiger partial charge in [0.2, 0.25) is 5.91 Å². The summed E-state index contributed by atoms with van der Waals surface area (Å²) >= 11 is 0. The number of ether oxygens (including phenoxy) is 1. The summed E-state index contributed by atoms with van der Waals surface area (Å²) in [5.74, 6) is -1.86. The Kier molecular flexibility index (Phi) is 7.94. The van der Waals surface area contributed by atoms with Crippen molar-refractivity contribution in [2.75, 3.05) is 13.1 Å². The molecule has 0 radical (unpaired) electrons. The van der Waals surface area contributed by atoms with Crippen LogP contribution in [-0.4, -0.2) is 41.5 Å². The molecule has 0 bridgehead atoms. The minimum Gasteiger partial charge on any atom is -0.460 e. The number of alkyl halides is 3. The van der Waals surface area contributed by atoms with Crippen molar-refractivity contribution in [1.29, 1.82) is 0 Å². The minimum atomic E-state index is -4.70. The summed E-state index contributed by atoms with van der Waals surface area (Å²) < 4.78 is 59.7. The molecule has 3 fully saturated rings. The molecule has 5 nitrogen and oxygen atoms in total. The van der Waals surface area contributed by atoms with Crippen LogP contribution in [0.2, 0.25) is 0 Å². The lowest BCUT2D eigenvalue weighted by atomic mass is 9.67. The highest BCUT2D eigenvalue weighted by Crippen LogP contribution is 2.60. The molecule has 0 aromatic heterocycles. The summed E-state index contributed by atoms with van der Waals surface area (Å²) in [5, 5.41) is 2.85. The number of rotatable bonds is 6. The van der Waals surface area contributed by atoms with E-state index in [0.29, 0.717) is 31.2 Å². The van der Waals surface area contributed by atoms with Crippen LogP contribution < -0.4 is 5.32 Å². The predicted octanol–water partition coefficient (Wildman–Crippen LogP) is 7.28. The molecule has 1 aliphatic heterocycles. The molecule has 1 heterocycles. The first kappa shape index (κ1) is 31.8. The minimum absolute atomic E-state index is 0.00130. The number of amides is 1. The maximum Gasteiger partial charge on any atom is 0.416 e. The van der Waals surface area contributed by atoms with Crippen molar-refractivity contribution in [3.05, 3.63) is 76.6 Å². The van der Waals surface area contributed by atoms with Crippen LogP contribution in [0.3, 0.4) is 0 Å². The highest BCUT2D eigenvalue weighted by molar-refractivity contribution is 5.86. The molecule has 1 spiro atoms. The maximum atomic E-state index is 14.1. The van der Waals surface area contributed by atoms with E-state index in [1.165, 1.54) is 11.1 Å². The van der Waals surface area contributed by atoms with Gasteiger partial charge in [-0.3, -0.25) is 14.5 Å². The number of allylic oxidation sites excluding steroid dienone is 1. The van der Waals surface area contributed by atoms with Crippen LogP contribution in [0.5, 0.6) is 0 Å². The molecule has 1 N–H and O–H groups in total. The van der Waals surface area contributed by atoms with Crippen molar-refractivity contribution in [2.45, 2.75) is 89.6 Å². The zero-order valence-corrected chi connectivity index (χ0v) is 26.3. The van der Waals surface area contributed by atoms with E-state index in [4.69, 9.17) is 4.74 Å². The van der Waals surface area contributed by atoms with Crippen LogP contribution in [-0.2, 0) is 32.5 Å². The number of esters is 1. The SMILES string of the molecule is C[C@H]1CN(C2CCC(C(=O)NCc3cc(F)cc(C(F)(F)F)c3)(C3CC3C(=O)OC(C)(C)C)C2)CC[C@@]12C=Cc1ccccc12. The quantitative estimate of drug-likeness (QED) is 0.271. The number of nitrogens with one attached hydrogen (secondary N) is 1. The Morgan fingerprint density at radius 1 is 1.09 bits per heavy atom. The van der Waals surface area contributed by atoms with Gasteiger partial charge in [0.15, 0.2) is 0 Å². The molecule has 45 heavy (non-hydrogen) atoms. The average molecular weight is 627 g/mol. The van der Waals surface area contributed by atoms with Gasteiger partial charge < -0.3 is 10.1 Å². The Morgan fingerprint density at radius 3 is 2.56 bits per heavy atom. The first-order valence-electron chi connectivity index (χ1n) is 16.0. The van der Waals surface area contributed by atoms with Crippen molar-refractivity contribution in [3.8, 4) is 0 Å². The van der Waals surface area contributed by atoms with Gasteiger partial charge in [-0.1, -0.05) is 43.3 Å². The monoisotopic (exact) mass is 626 g/mol. The summed E-state index contributed by atoms with van der Waals surface area (Å²) in [4.78, 5) is 29.6. The van der Waals surface area contributed by atoms with E-state index in [2.05, 4.69) is 53.6 Å². The second kappa shape index (κ2) is 11.2. The number of piperidine rings is 1. The average Bonchev–Trinajstić information content (AvgIpc) is 3.52. The van der Waals surface area contributed by atoms with Gasteiger partial charge in [0.05, 0.1) is 16.9 Å². The van der Waals surface area contributed by atoms with Crippen LogP contribution in [0.1, 0.15) is 82.1 Å². The largest absolute Gasteiger partial charge is 0.460 e. The molecule has 1 amide bonds. The van der Waals surface area contributed by atoms with Crippen molar-refractivity contribution in [2.24, 2.45) is 23.2 Å². The second-order valence-corrected chi connectivity index (χ2v) is 14.7. The van der Waals surface area contributed by atoms with Crippen LogP contribution in [0, 0.1) is 29.0 Å². The van der Waals surface area contributed by atoms with E-state index >= 15 is 0 Å². The lowest BCUT2D eigenvalue weighted by molar-refractivity contribution is -0.157. The lowest BCUT2D eigenvalue weighted by Crippen LogP contribution is -2.51. The summed E-state index contributed by atoms with van der Waals surface area (Å²) in [6, 6.07) is 11.0. The number of carbonyl (C=O) groups is 2. The summed E-state index contributed by atoms with van der Waals surface area (Å²) in [6.07, 6.45) is 3.32. The molecule has 9 heteroatoms. The van der Waals surface area contributed by atoms with Crippen molar-refractivity contribution in [3.63, 3.8) is 0 Å². The molecule has 6 rings (SSSR count). The number of benzene rings is 2. The number of halogens is 4. The van der Waals surface area contributed by atoms with Crippen LogP contribution in [0.25, 0.3) is 6.08 Å². The van der Waals surface area contributed by atoms with Gasteiger partial charge in [0, 0.05) is 24.5 Å². The Labute approximate surface area is 262 Å². The third-order valence-corrected chi connectivity index (χ3v) is 10.7. The lowest BCUT2D eigenvalue weighted by Gasteiger charge is -2.46. The number of hydrogen-bond donors (Lipinski definition) is 1. The van der Waals surface area contributed by atoms with Crippen LogP contribution in [0.4, 0.5) is 17.6 Å². The number of likely N-dealkylation sites (tertiary alicyclic amines) is 1. The molecular formula is C36H42F4N2O3. The first-order valence-corrected chi connectivity index (χ1v) is 16.0. The normalized spacial score (nSPS) is 31.2. The number of carbonyl (C=O) groups excluding carboxylic acids is 2. The zero-order chi connectivity index (χ0) is 32.4. The second-order valence-electron chi connectivity index (χ2n) is 14.7. The molecule has 2 aromatic rings. The van der Waals surface area contributed by atoms with E-state index < -0.39 is 34.5 Å². The van der Waals surface area contributed by atoms with Crippen molar-refractivity contribution >= 4 is 18.0 Å². The molecule has 242 valence electrons. The van der Waals surface area contributed by atoms with Gasteiger partial charge in [0.1, 0.15) is 11.4 Å². The highest BCUT2D eigenvalue weighted by atomic mass is 19.4. The number of nitrogens with zero attached hydrogens (tertiary/aromatic N) is 1. The predicted molar refractivity (Wildman–Crippen MR) is 163 cm³/mol. The van der Waals surface area contributed by atoms with Crippen molar-refractivity contribution in [1.82, 2.24) is 10.2 Å². The van der Waals surface area contributed by atoms with Gasteiger partial charge in [-0.2, -0.15) is 13.2 Å². The number of hydrogen-bond acceptors (Lipinski definition) is 4. The number of fused-ring (bicyclic) bond motifs is 2.